The Bertz CT molecular complexity index is 194. The van der Waals surface area contributed by atoms with E-state index in [-0.39, 0.29) is 12.1 Å². The highest BCUT2D eigenvalue weighted by atomic mass is 16.3. The standard InChI is InChI=1S/C13H28N2O/c1-3-12-7-6-10-15(12)9-5-4-8-13(2,14)11-16/h12,16H,3-11,14H2,1-2H3. The SMILES string of the molecule is CCC1CCCN1CCCCC(C)(N)CO. The van der Waals surface area contributed by atoms with Crippen molar-refractivity contribution in [1.29, 1.82) is 0 Å². The number of likely N-dealkylation sites (tertiary alicyclic amines) is 1. The first-order valence-corrected chi connectivity index (χ1v) is 6.73. The van der Waals surface area contributed by atoms with Gasteiger partial charge in [-0.3, -0.25) is 0 Å². The van der Waals surface area contributed by atoms with Crippen molar-refractivity contribution in [3.05, 3.63) is 0 Å². The summed E-state index contributed by atoms with van der Waals surface area (Å²) in [5.41, 5.74) is 5.52. The van der Waals surface area contributed by atoms with E-state index in [1.807, 2.05) is 6.92 Å². The van der Waals surface area contributed by atoms with E-state index in [0.29, 0.717) is 0 Å². The lowest BCUT2D eigenvalue weighted by molar-refractivity contribution is 0.192. The molecule has 0 spiro atoms. The Morgan fingerprint density at radius 2 is 2.19 bits per heavy atom. The van der Waals surface area contributed by atoms with E-state index in [1.165, 1.54) is 38.8 Å². The molecule has 16 heavy (non-hydrogen) atoms. The Labute approximate surface area is 100 Å². The number of hydrogen-bond acceptors (Lipinski definition) is 3. The smallest absolute Gasteiger partial charge is 0.0608 e. The van der Waals surface area contributed by atoms with Gasteiger partial charge in [0.2, 0.25) is 0 Å². The highest BCUT2D eigenvalue weighted by Crippen LogP contribution is 2.20. The van der Waals surface area contributed by atoms with Crippen molar-refractivity contribution in [1.82, 2.24) is 4.90 Å². The zero-order chi connectivity index (χ0) is 12.0. The second-order valence-electron chi connectivity index (χ2n) is 5.51. The fourth-order valence-electron chi connectivity index (χ4n) is 2.57. The molecular formula is C13H28N2O. The molecule has 0 aliphatic carbocycles. The van der Waals surface area contributed by atoms with Gasteiger partial charge in [-0.2, -0.15) is 0 Å². The molecule has 2 atom stereocenters. The van der Waals surface area contributed by atoms with Gasteiger partial charge in [0.05, 0.1) is 6.61 Å². The summed E-state index contributed by atoms with van der Waals surface area (Å²) in [4.78, 5) is 2.62. The lowest BCUT2D eigenvalue weighted by Gasteiger charge is -2.25. The van der Waals surface area contributed by atoms with Crippen molar-refractivity contribution in [2.45, 2.75) is 64.0 Å². The first-order chi connectivity index (χ1) is 7.59. The van der Waals surface area contributed by atoms with E-state index in [9.17, 15) is 0 Å². The predicted molar refractivity (Wildman–Crippen MR) is 68.4 cm³/mol. The van der Waals surface area contributed by atoms with Gasteiger partial charge in [-0.25, -0.2) is 0 Å². The maximum absolute atomic E-state index is 9.05. The highest BCUT2D eigenvalue weighted by Gasteiger charge is 2.22. The van der Waals surface area contributed by atoms with Crippen LogP contribution >= 0.6 is 0 Å². The summed E-state index contributed by atoms with van der Waals surface area (Å²) in [5, 5.41) is 9.05. The molecule has 96 valence electrons. The maximum Gasteiger partial charge on any atom is 0.0608 e. The third kappa shape index (κ3) is 4.40. The largest absolute Gasteiger partial charge is 0.394 e. The molecular weight excluding hydrogens is 200 g/mol. The van der Waals surface area contributed by atoms with Crippen molar-refractivity contribution in [3.63, 3.8) is 0 Å². The number of rotatable bonds is 7. The molecule has 1 fully saturated rings. The zero-order valence-corrected chi connectivity index (χ0v) is 10.9. The van der Waals surface area contributed by atoms with Gasteiger partial charge in [0.1, 0.15) is 0 Å². The maximum atomic E-state index is 9.05. The van der Waals surface area contributed by atoms with Gasteiger partial charge < -0.3 is 15.7 Å². The van der Waals surface area contributed by atoms with E-state index in [4.69, 9.17) is 10.8 Å². The molecule has 0 saturated carbocycles. The zero-order valence-electron chi connectivity index (χ0n) is 10.9. The monoisotopic (exact) mass is 228 g/mol. The Balaban J connectivity index is 2.11. The van der Waals surface area contributed by atoms with Crippen LogP contribution in [0.5, 0.6) is 0 Å². The van der Waals surface area contributed by atoms with E-state index in [2.05, 4.69) is 11.8 Å². The molecule has 0 radical (unpaired) electrons. The molecule has 0 amide bonds. The minimum atomic E-state index is -0.380. The van der Waals surface area contributed by atoms with Crippen LogP contribution in [0.15, 0.2) is 0 Å². The van der Waals surface area contributed by atoms with Crippen LogP contribution in [-0.2, 0) is 0 Å². The van der Waals surface area contributed by atoms with Crippen molar-refractivity contribution < 1.29 is 5.11 Å². The van der Waals surface area contributed by atoms with Crippen molar-refractivity contribution in [3.8, 4) is 0 Å². The minimum Gasteiger partial charge on any atom is -0.394 e. The van der Waals surface area contributed by atoms with Gasteiger partial charge in [0.15, 0.2) is 0 Å². The topological polar surface area (TPSA) is 49.5 Å². The van der Waals surface area contributed by atoms with E-state index in [0.717, 1.165) is 18.9 Å². The molecule has 1 aliphatic rings. The number of nitrogens with two attached hydrogens (primary N) is 1. The fraction of sp³-hybridized carbons (Fsp3) is 1.00. The third-order valence-corrected chi connectivity index (χ3v) is 3.77. The molecule has 0 aromatic carbocycles. The number of unbranched alkanes of at least 4 members (excludes halogenated alkanes) is 1. The molecule has 1 heterocycles. The average Bonchev–Trinajstić information content (AvgIpc) is 2.72. The average molecular weight is 228 g/mol. The molecule has 0 aromatic heterocycles. The molecule has 2 unspecified atom stereocenters. The van der Waals surface area contributed by atoms with Gasteiger partial charge in [-0.05, 0) is 52.1 Å². The molecule has 1 saturated heterocycles. The third-order valence-electron chi connectivity index (χ3n) is 3.77. The Morgan fingerprint density at radius 1 is 1.44 bits per heavy atom. The van der Waals surface area contributed by atoms with E-state index >= 15 is 0 Å². The normalized spacial score (nSPS) is 25.9. The summed E-state index contributed by atoms with van der Waals surface area (Å²) in [6.45, 7) is 6.79. The second kappa shape index (κ2) is 6.58. The quantitative estimate of drug-likeness (QED) is 0.653. The van der Waals surface area contributed by atoms with Crippen molar-refractivity contribution in [2.75, 3.05) is 19.7 Å². The number of aliphatic hydroxyl groups excluding tert-OH is 1. The predicted octanol–water partition coefficient (Wildman–Crippen LogP) is 1.74. The summed E-state index contributed by atoms with van der Waals surface area (Å²) >= 11 is 0. The van der Waals surface area contributed by atoms with Gasteiger partial charge in [-0.1, -0.05) is 13.3 Å². The number of nitrogens with zero attached hydrogens (tertiary/aromatic N) is 1. The van der Waals surface area contributed by atoms with Gasteiger partial charge in [-0.15, -0.1) is 0 Å². The molecule has 3 nitrogen and oxygen atoms in total. The van der Waals surface area contributed by atoms with E-state index < -0.39 is 0 Å². The van der Waals surface area contributed by atoms with Crippen LogP contribution < -0.4 is 5.73 Å². The molecule has 3 N–H and O–H groups in total. The van der Waals surface area contributed by atoms with Crippen molar-refractivity contribution in [2.24, 2.45) is 5.73 Å². The molecule has 1 aliphatic heterocycles. The van der Waals surface area contributed by atoms with E-state index in [1.54, 1.807) is 0 Å². The lowest BCUT2D eigenvalue weighted by atomic mass is 9.97. The van der Waals surface area contributed by atoms with Crippen LogP contribution in [-0.4, -0.2) is 41.3 Å². The second-order valence-corrected chi connectivity index (χ2v) is 5.51. The summed E-state index contributed by atoms with van der Waals surface area (Å²) in [6, 6.07) is 0.821. The number of hydrogen-bond donors (Lipinski definition) is 2. The summed E-state index contributed by atoms with van der Waals surface area (Å²) < 4.78 is 0. The summed E-state index contributed by atoms with van der Waals surface area (Å²) in [7, 11) is 0. The summed E-state index contributed by atoms with van der Waals surface area (Å²) in [5.74, 6) is 0. The first-order valence-electron chi connectivity index (χ1n) is 6.73. The molecule has 3 heteroatoms. The minimum absolute atomic E-state index is 0.0916. The summed E-state index contributed by atoms with van der Waals surface area (Å²) in [6.07, 6.45) is 7.29. The van der Waals surface area contributed by atoms with Crippen LogP contribution in [0.4, 0.5) is 0 Å². The van der Waals surface area contributed by atoms with Crippen molar-refractivity contribution >= 4 is 0 Å². The van der Waals surface area contributed by atoms with Crippen LogP contribution in [0.3, 0.4) is 0 Å². The Morgan fingerprint density at radius 3 is 2.81 bits per heavy atom. The van der Waals surface area contributed by atoms with Crippen LogP contribution in [0.25, 0.3) is 0 Å². The fourth-order valence-corrected chi connectivity index (χ4v) is 2.57. The highest BCUT2D eigenvalue weighted by molar-refractivity contribution is 4.79. The molecule has 1 rings (SSSR count). The first kappa shape index (κ1) is 13.9. The van der Waals surface area contributed by atoms with Crippen LogP contribution in [0.2, 0.25) is 0 Å². The number of aliphatic hydroxyl groups is 1. The Hall–Kier alpha value is -0.120. The van der Waals surface area contributed by atoms with Gasteiger partial charge in [0, 0.05) is 11.6 Å². The van der Waals surface area contributed by atoms with Gasteiger partial charge in [0.25, 0.3) is 0 Å². The Kier molecular flexibility index (Phi) is 5.73. The lowest BCUT2D eigenvalue weighted by Crippen LogP contribution is -2.40. The van der Waals surface area contributed by atoms with Crippen LogP contribution in [0.1, 0.15) is 52.4 Å². The molecule has 0 aromatic rings. The van der Waals surface area contributed by atoms with Crippen LogP contribution in [0, 0.1) is 0 Å². The van der Waals surface area contributed by atoms with Gasteiger partial charge >= 0.3 is 0 Å². The molecule has 0 bridgehead atoms.